The zero-order chi connectivity index (χ0) is 26.4. The van der Waals surface area contributed by atoms with Crippen LogP contribution < -0.4 is 0 Å². The van der Waals surface area contributed by atoms with Gasteiger partial charge in [0.05, 0.1) is 12.7 Å². The summed E-state index contributed by atoms with van der Waals surface area (Å²) in [4.78, 5) is 24.6. The number of halogens is 6. The number of hydrogen-bond acceptors (Lipinski definition) is 6. The Morgan fingerprint density at radius 3 is 2.03 bits per heavy atom. The van der Waals surface area contributed by atoms with Crippen LogP contribution in [0.15, 0.2) is 11.4 Å². The first-order valence-electron chi connectivity index (χ1n) is 10.9. The number of carboxylic acid groups (broad SMARTS) is 2. The van der Waals surface area contributed by atoms with Crippen molar-refractivity contribution < 1.29 is 50.9 Å². The van der Waals surface area contributed by atoms with Crippen molar-refractivity contribution in [2.24, 2.45) is 11.8 Å². The first-order valence-corrected chi connectivity index (χ1v) is 11.8. The second kappa shape index (κ2) is 12.4. The van der Waals surface area contributed by atoms with Gasteiger partial charge in [-0.15, -0.1) is 11.3 Å². The van der Waals surface area contributed by atoms with Crippen molar-refractivity contribution in [3.05, 3.63) is 21.9 Å². The Morgan fingerprint density at radius 2 is 1.57 bits per heavy atom. The number of thiophene rings is 1. The molecule has 7 nitrogen and oxygen atoms in total. The number of aryl methyl sites for hydroxylation is 1. The third-order valence-electron chi connectivity index (χ3n) is 6.03. The van der Waals surface area contributed by atoms with Gasteiger partial charge in [-0.25, -0.2) is 9.59 Å². The third kappa shape index (κ3) is 9.24. The van der Waals surface area contributed by atoms with Gasteiger partial charge in [0.15, 0.2) is 0 Å². The zero-order valence-corrected chi connectivity index (χ0v) is 19.8. The Balaban J connectivity index is 0.000000257. The summed E-state index contributed by atoms with van der Waals surface area (Å²) in [5.74, 6) is -3.98. The molecule has 35 heavy (non-hydrogen) atoms. The molecule has 4 heterocycles. The highest BCUT2D eigenvalue weighted by molar-refractivity contribution is 7.10. The molecule has 0 saturated carbocycles. The molecule has 14 heteroatoms. The third-order valence-corrected chi connectivity index (χ3v) is 7.03. The highest BCUT2D eigenvalue weighted by Crippen LogP contribution is 2.35. The summed E-state index contributed by atoms with van der Waals surface area (Å²) in [6.07, 6.45) is -6.88. The molecule has 0 amide bonds. The van der Waals surface area contributed by atoms with Gasteiger partial charge in [0.2, 0.25) is 0 Å². The number of rotatable bonds is 4. The maximum Gasteiger partial charge on any atom is 0.490 e. The van der Waals surface area contributed by atoms with Crippen LogP contribution >= 0.6 is 11.3 Å². The van der Waals surface area contributed by atoms with Crippen LogP contribution in [0.3, 0.4) is 0 Å². The van der Waals surface area contributed by atoms with E-state index in [1.807, 2.05) is 11.3 Å². The number of carbonyl (C=O) groups is 2. The van der Waals surface area contributed by atoms with Crippen LogP contribution in [0.25, 0.3) is 0 Å². The van der Waals surface area contributed by atoms with E-state index in [-0.39, 0.29) is 0 Å². The molecule has 4 rings (SSSR count). The molecule has 3 aliphatic rings. The van der Waals surface area contributed by atoms with Gasteiger partial charge < -0.3 is 19.8 Å². The molecule has 200 valence electrons. The Kier molecular flexibility index (Phi) is 10.4. The van der Waals surface area contributed by atoms with Gasteiger partial charge in [-0.3, -0.25) is 4.90 Å². The average Bonchev–Trinajstić information content (AvgIpc) is 3.51. The predicted molar refractivity (Wildman–Crippen MR) is 114 cm³/mol. The molecule has 3 saturated heterocycles. The summed E-state index contributed by atoms with van der Waals surface area (Å²) in [5, 5.41) is 16.5. The maximum atomic E-state index is 10.6. The summed E-state index contributed by atoms with van der Waals surface area (Å²) in [7, 11) is 0. The van der Waals surface area contributed by atoms with Crippen molar-refractivity contribution in [2.75, 3.05) is 39.3 Å². The highest BCUT2D eigenvalue weighted by Gasteiger charge is 2.44. The molecule has 1 aromatic heterocycles. The molecule has 0 bridgehead atoms. The summed E-state index contributed by atoms with van der Waals surface area (Å²) in [6.45, 7) is 10.6. The fraction of sp³-hybridized carbons (Fsp3) is 0.714. The van der Waals surface area contributed by atoms with Crippen molar-refractivity contribution in [2.45, 2.75) is 44.8 Å². The number of ether oxygens (including phenoxy) is 1. The monoisotopic (exact) mass is 534 g/mol. The summed E-state index contributed by atoms with van der Waals surface area (Å²) in [6, 6.07) is 2.24. The standard InChI is InChI=1S/C17H26N2OS.2C2HF3O2/c1-13-4-7-21-17(13)11-19-9-15-14(12-20-16(15)10-19)8-18-5-2-3-6-18;2*3-2(4,5)1(6)7/h4,7,14-16H,2-3,5-6,8-12H2,1H3;2*(H,6,7)/t14-,15+,16+;;/m0../s1. The number of alkyl halides is 6. The van der Waals surface area contributed by atoms with Gasteiger partial charge in [-0.05, 0) is 49.9 Å². The molecule has 0 unspecified atom stereocenters. The SMILES string of the molecule is Cc1ccsc1CN1C[C@@H]2[C@@H](CN3CCCC3)CO[C@@H]2C1.O=C(O)C(F)(F)F.O=C(O)C(F)(F)F. The van der Waals surface area contributed by atoms with Crippen molar-refractivity contribution >= 4 is 23.3 Å². The van der Waals surface area contributed by atoms with E-state index in [2.05, 4.69) is 28.2 Å². The smallest absolute Gasteiger partial charge is 0.475 e. The lowest BCUT2D eigenvalue weighted by atomic mass is 9.93. The molecule has 1 aromatic rings. The Labute approximate surface area is 202 Å². The summed E-state index contributed by atoms with van der Waals surface area (Å²) >= 11 is 1.90. The second-order valence-electron chi connectivity index (χ2n) is 8.63. The zero-order valence-electron chi connectivity index (χ0n) is 18.9. The van der Waals surface area contributed by atoms with Crippen molar-refractivity contribution in [3.8, 4) is 0 Å². The second-order valence-corrected chi connectivity index (χ2v) is 9.63. The average molecular weight is 535 g/mol. The first-order chi connectivity index (χ1) is 16.2. The lowest BCUT2D eigenvalue weighted by Crippen LogP contribution is -2.32. The number of carboxylic acids is 2. The highest BCUT2D eigenvalue weighted by atomic mass is 32.1. The summed E-state index contributed by atoms with van der Waals surface area (Å²) < 4.78 is 69.6. The van der Waals surface area contributed by atoms with Crippen molar-refractivity contribution in [3.63, 3.8) is 0 Å². The van der Waals surface area contributed by atoms with Crippen LogP contribution in [-0.2, 0) is 20.9 Å². The van der Waals surface area contributed by atoms with Crippen molar-refractivity contribution in [1.82, 2.24) is 9.80 Å². The predicted octanol–water partition coefficient (Wildman–Crippen LogP) is 3.87. The lowest BCUT2D eigenvalue weighted by Gasteiger charge is -2.24. The molecular formula is C21H28F6N2O5S. The van der Waals surface area contributed by atoms with Crippen LogP contribution in [0, 0.1) is 18.8 Å². The molecule has 0 radical (unpaired) electrons. The Morgan fingerprint density at radius 1 is 1.03 bits per heavy atom. The van der Waals surface area contributed by atoms with E-state index in [1.165, 1.54) is 49.5 Å². The van der Waals surface area contributed by atoms with Crippen LogP contribution in [0.5, 0.6) is 0 Å². The molecule has 0 aromatic carbocycles. The maximum absolute atomic E-state index is 10.6. The normalized spacial score (nSPS) is 24.8. The van der Waals surface area contributed by atoms with Gasteiger partial charge in [0, 0.05) is 42.9 Å². The van der Waals surface area contributed by atoms with Gasteiger partial charge in [0.1, 0.15) is 0 Å². The van der Waals surface area contributed by atoms with Gasteiger partial charge >= 0.3 is 24.3 Å². The van der Waals surface area contributed by atoms with E-state index in [4.69, 9.17) is 24.5 Å². The molecular weight excluding hydrogens is 506 g/mol. The number of likely N-dealkylation sites (tertiary alicyclic amines) is 2. The van der Waals surface area contributed by atoms with E-state index in [1.54, 1.807) is 0 Å². The number of hydrogen-bond donors (Lipinski definition) is 2. The van der Waals surface area contributed by atoms with E-state index in [0.717, 1.165) is 31.5 Å². The molecule has 3 fully saturated rings. The minimum atomic E-state index is -5.08. The van der Waals surface area contributed by atoms with Gasteiger partial charge in [-0.1, -0.05) is 0 Å². The molecule has 0 aliphatic carbocycles. The largest absolute Gasteiger partial charge is 0.490 e. The van der Waals surface area contributed by atoms with E-state index < -0.39 is 24.3 Å². The van der Waals surface area contributed by atoms with E-state index in [9.17, 15) is 26.3 Å². The minimum Gasteiger partial charge on any atom is -0.475 e. The molecule has 2 N–H and O–H groups in total. The Hall–Kier alpha value is -1.90. The Bertz CT molecular complexity index is 817. The van der Waals surface area contributed by atoms with Crippen LogP contribution in [-0.4, -0.2) is 89.7 Å². The molecule has 3 atom stereocenters. The van der Waals surface area contributed by atoms with Gasteiger partial charge in [-0.2, -0.15) is 26.3 Å². The van der Waals surface area contributed by atoms with Crippen LogP contribution in [0.2, 0.25) is 0 Å². The summed E-state index contributed by atoms with van der Waals surface area (Å²) in [5.41, 5.74) is 1.45. The molecule has 3 aliphatic heterocycles. The fourth-order valence-electron chi connectivity index (χ4n) is 4.26. The number of aliphatic carboxylic acids is 2. The van der Waals surface area contributed by atoms with E-state index >= 15 is 0 Å². The number of fused-ring (bicyclic) bond motifs is 1. The quantitative estimate of drug-likeness (QED) is 0.567. The van der Waals surface area contributed by atoms with Crippen LogP contribution in [0.4, 0.5) is 26.3 Å². The minimum absolute atomic E-state index is 0.498. The topological polar surface area (TPSA) is 90.3 Å². The van der Waals surface area contributed by atoms with Crippen molar-refractivity contribution in [1.29, 1.82) is 0 Å². The number of nitrogens with zero attached hydrogens (tertiary/aromatic N) is 2. The first kappa shape index (κ1) is 29.3. The van der Waals surface area contributed by atoms with Gasteiger partial charge in [0.25, 0.3) is 0 Å². The molecule has 0 spiro atoms. The van der Waals surface area contributed by atoms with Crippen LogP contribution in [0.1, 0.15) is 23.3 Å². The van der Waals surface area contributed by atoms with E-state index in [0.29, 0.717) is 6.10 Å². The fourth-order valence-corrected chi connectivity index (χ4v) is 5.21. The lowest BCUT2D eigenvalue weighted by molar-refractivity contribution is -0.193.